The second-order valence-corrected chi connectivity index (χ2v) is 8.59. The Morgan fingerprint density at radius 2 is 1.59 bits per heavy atom. The van der Waals surface area contributed by atoms with Crippen molar-refractivity contribution >= 4 is 10.8 Å². The Bertz CT molecular complexity index is 1110. The van der Waals surface area contributed by atoms with Crippen molar-refractivity contribution in [3.05, 3.63) is 53.6 Å². The summed E-state index contributed by atoms with van der Waals surface area (Å²) in [6.07, 6.45) is -0.980. The summed E-state index contributed by atoms with van der Waals surface area (Å²) in [6, 6.07) is 11.1. The third-order valence-electron chi connectivity index (χ3n) is 5.82. The van der Waals surface area contributed by atoms with E-state index in [1.807, 2.05) is 20.8 Å². The predicted octanol–water partition coefficient (Wildman–Crippen LogP) is 3.90. The van der Waals surface area contributed by atoms with Gasteiger partial charge >= 0.3 is 0 Å². The van der Waals surface area contributed by atoms with Gasteiger partial charge in [-0.25, -0.2) is 0 Å². The lowest BCUT2D eigenvalue weighted by Gasteiger charge is -2.51. The molecule has 0 spiro atoms. The Morgan fingerprint density at radius 1 is 0.931 bits per heavy atom. The fraction of sp³-hybridized carbons (Fsp3) is 0.304. The topological polar surface area (TPSA) is 110 Å². The van der Waals surface area contributed by atoms with Crippen LogP contribution < -0.4 is 4.74 Å². The molecule has 6 heteroatoms. The van der Waals surface area contributed by atoms with Gasteiger partial charge in [-0.15, -0.1) is 0 Å². The number of aliphatic hydroxyl groups excluding tert-OH is 1. The molecule has 0 aliphatic carbocycles. The lowest BCUT2D eigenvalue weighted by molar-refractivity contribution is -0.138. The number of rotatable bonds is 1. The highest BCUT2D eigenvalue weighted by molar-refractivity contribution is 5.94. The van der Waals surface area contributed by atoms with Crippen LogP contribution in [0.4, 0.5) is 0 Å². The second-order valence-electron chi connectivity index (χ2n) is 8.59. The molecule has 0 bridgehead atoms. The fourth-order valence-corrected chi connectivity index (χ4v) is 4.44. The van der Waals surface area contributed by atoms with Crippen LogP contribution in [0.1, 0.15) is 31.9 Å². The van der Waals surface area contributed by atoms with Crippen LogP contribution in [0, 0.1) is 5.41 Å². The van der Waals surface area contributed by atoms with Gasteiger partial charge in [-0.1, -0.05) is 45.0 Å². The predicted molar refractivity (Wildman–Crippen MR) is 109 cm³/mol. The highest BCUT2D eigenvalue weighted by Gasteiger charge is 2.55. The molecule has 1 aliphatic rings. The summed E-state index contributed by atoms with van der Waals surface area (Å²) < 4.78 is 6.38. The van der Waals surface area contributed by atoms with E-state index in [0.717, 1.165) is 0 Å². The zero-order valence-corrected chi connectivity index (χ0v) is 16.5. The highest BCUT2D eigenvalue weighted by Crippen LogP contribution is 2.55. The molecule has 2 unspecified atom stereocenters. The van der Waals surface area contributed by atoms with Gasteiger partial charge in [0.05, 0.1) is 0 Å². The lowest BCUT2D eigenvalue weighted by atomic mass is 9.65. The van der Waals surface area contributed by atoms with Gasteiger partial charge in [0.15, 0.2) is 17.1 Å². The normalized spacial score (nSPS) is 21.6. The van der Waals surface area contributed by atoms with Crippen molar-refractivity contribution in [1.82, 2.24) is 0 Å². The Kier molecular flexibility index (Phi) is 4.10. The molecule has 1 heterocycles. The molecule has 5 N–H and O–H groups in total. The van der Waals surface area contributed by atoms with Crippen LogP contribution in [0.3, 0.4) is 0 Å². The summed E-state index contributed by atoms with van der Waals surface area (Å²) in [4.78, 5) is 0. The van der Waals surface area contributed by atoms with Gasteiger partial charge in [0.25, 0.3) is 0 Å². The molecule has 0 fully saturated rings. The molecule has 0 radical (unpaired) electrons. The zero-order valence-electron chi connectivity index (χ0n) is 16.5. The maximum absolute atomic E-state index is 11.3. The van der Waals surface area contributed by atoms with Gasteiger partial charge < -0.3 is 30.3 Å². The van der Waals surface area contributed by atoms with Gasteiger partial charge in [0.1, 0.15) is 23.4 Å². The highest BCUT2D eigenvalue weighted by atomic mass is 16.5. The summed E-state index contributed by atoms with van der Waals surface area (Å²) in [5.74, 6) is -0.602. The summed E-state index contributed by atoms with van der Waals surface area (Å²) in [7, 11) is 0. The summed E-state index contributed by atoms with van der Waals surface area (Å²) in [5.41, 5.74) is -1.08. The van der Waals surface area contributed by atoms with Gasteiger partial charge in [0, 0.05) is 40.5 Å². The van der Waals surface area contributed by atoms with Crippen molar-refractivity contribution in [2.75, 3.05) is 0 Å². The molecule has 3 aromatic carbocycles. The number of aromatic hydroxyl groups is 4. The Balaban J connectivity index is 2.07. The third-order valence-corrected chi connectivity index (χ3v) is 5.82. The Hall–Kier alpha value is -3.12. The van der Waals surface area contributed by atoms with E-state index in [0.29, 0.717) is 21.9 Å². The third kappa shape index (κ3) is 2.67. The van der Waals surface area contributed by atoms with Crippen molar-refractivity contribution in [3.63, 3.8) is 0 Å². The molecule has 2 atom stereocenters. The number of hydrogen-bond donors (Lipinski definition) is 5. The van der Waals surface area contributed by atoms with Gasteiger partial charge in [-0.3, -0.25) is 0 Å². The maximum Gasteiger partial charge on any atom is 0.165 e. The maximum atomic E-state index is 11.3. The number of hydrogen-bond acceptors (Lipinski definition) is 6. The molecular weight excluding hydrogens is 372 g/mol. The molecule has 0 amide bonds. The van der Waals surface area contributed by atoms with Crippen molar-refractivity contribution in [2.45, 2.75) is 38.9 Å². The Labute approximate surface area is 168 Å². The number of fused-ring (bicyclic) bond motifs is 2. The lowest BCUT2D eigenvalue weighted by Crippen LogP contribution is -2.57. The molecule has 4 rings (SSSR count). The number of ether oxygens (including phenoxy) is 1. The minimum atomic E-state index is -1.33. The molecular formula is C23H24O6. The first kappa shape index (κ1) is 19.2. The van der Waals surface area contributed by atoms with E-state index in [-0.39, 0.29) is 35.2 Å². The smallest absolute Gasteiger partial charge is 0.165 e. The van der Waals surface area contributed by atoms with Crippen LogP contribution in [0.25, 0.3) is 10.8 Å². The molecule has 0 saturated heterocycles. The first-order valence-corrected chi connectivity index (χ1v) is 9.42. The molecule has 0 aromatic heterocycles. The van der Waals surface area contributed by atoms with Crippen LogP contribution >= 0.6 is 0 Å². The molecule has 3 aromatic rings. The SMILES string of the molecule is CC(C)(C)C1(c2cc(O)c(O)c3ccccc23)Oc2cc(O)cc(O)c2CC1O. The van der Waals surface area contributed by atoms with Crippen molar-refractivity contribution in [3.8, 4) is 28.7 Å². The fourth-order valence-electron chi connectivity index (χ4n) is 4.44. The average Bonchev–Trinajstić information content (AvgIpc) is 2.64. The zero-order chi connectivity index (χ0) is 21.1. The van der Waals surface area contributed by atoms with E-state index >= 15 is 0 Å². The van der Waals surface area contributed by atoms with Crippen LogP contribution in [0.5, 0.6) is 28.7 Å². The van der Waals surface area contributed by atoms with Crippen molar-refractivity contribution < 1.29 is 30.3 Å². The molecule has 29 heavy (non-hydrogen) atoms. The van der Waals surface area contributed by atoms with Crippen LogP contribution in [-0.4, -0.2) is 31.6 Å². The first-order valence-electron chi connectivity index (χ1n) is 9.42. The second kappa shape index (κ2) is 6.19. The minimum Gasteiger partial charge on any atom is -0.508 e. The monoisotopic (exact) mass is 396 g/mol. The number of aliphatic hydroxyl groups is 1. The largest absolute Gasteiger partial charge is 0.508 e. The van der Waals surface area contributed by atoms with Crippen molar-refractivity contribution in [1.29, 1.82) is 0 Å². The van der Waals surface area contributed by atoms with Gasteiger partial charge in [0.2, 0.25) is 0 Å². The summed E-state index contributed by atoms with van der Waals surface area (Å²) in [6.45, 7) is 5.72. The summed E-state index contributed by atoms with van der Waals surface area (Å²) >= 11 is 0. The molecule has 0 saturated carbocycles. The van der Waals surface area contributed by atoms with Gasteiger partial charge in [-0.05, 0) is 11.5 Å². The van der Waals surface area contributed by atoms with E-state index in [1.165, 1.54) is 18.2 Å². The van der Waals surface area contributed by atoms with E-state index < -0.39 is 17.1 Å². The molecule has 1 aliphatic heterocycles. The number of benzene rings is 3. The van der Waals surface area contributed by atoms with E-state index in [2.05, 4.69) is 0 Å². The van der Waals surface area contributed by atoms with Gasteiger partial charge in [-0.2, -0.15) is 0 Å². The van der Waals surface area contributed by atoms with E-state index in [4.69, 9.17) is 4.74 Å². The quantitative estimate of drug-likeness (QED) is 0.399. The van der Waals surface area contributed by atoms with Crippen molar-refractivity contribution in [2.24, 2.45) is 5.41 Å². The van der Waals surface area contributed by atoms with E-state index in [1.54, 1.807) is 24.3 Å². The van der Waals surface area contributed by atoms with Crippen LogP contribution in [0.15, 0.2) is 42.5 Å². The number of phenolic OH excluding ortho intramolecular Hbond substituents is 4. The number of phenols is 4. The molecule has 152 valence electrons. The Morgan fingerprint density at radius 3 is 2.24 bits per heavy atom. The summed E-state index contributed by atoms with van der Waals surface area (Å²) in [5, 5.41) is 53.3. The van der Waals surface area contributed by atoms with E-state index in [9.17, 15) is 25.5 Å². The minimum absolute atomic E-state index is 0.0919. The first-order chi connectivity index (χ1) is 13.6. The van der Waals surface area contributed by atoms with Crippen LogP contribution in [-0.2, 0) is 12.0 Å². The van der Waals surface area contributed by atoms with Crippen LogP contribution in [0.2, 0.25) is 0 Å². The molecule has 6 nitrogen and oxygen atoms in total. The average molecular weight is 396 g/mol. The standard InChI is InChI=1S/C23H24O6/c1-22(2,3)23(16-11-18(26)21(28)14-7-5-4-6-13(14)16)20(27)10-15-17(25)8-12(24)9-19(15)29-23/h4-9,11,20,24-28H,10H2,1-3H3.